The van der Waals surface area contributed by atoms with E-state index in [2.05, 4.69) is 21.4 Å². The molecule has 1 atom stereocenters. The summed E-state index contributed by atoms with van der Waals surface area (Å²) in [5.41, 5.74) is 0.788. The molecule has 22 heavy (non-hydrogen) atoms. The van der Waals surface area contributed by atoms with Crippen LogP contribution < -0.4 is 11.2 Å². The number of carbonyl (C=O) groups is 1. The number of thioether (sulfide) groups is 1. The van der Waals surface area contributed by atoms with Crippen LogP contribution in [0.25, 0.3) is 11.4 Å². The zero-order valence-electron chi connectivity index (χ0n) is 11.8. The number of hydrogen-bond donors (Lipinski definition) is 2. The van der Waals surface area contributed by atoms with Crippen LogP contribution in [0, 0.1) is 12.3 Å². The first-order valence-electron chi connectivity index (χ1n) is 6.37. The van der Waals surface area contributed by atoms with Crippen LogP contribution in [-0.2, 0) is 4.79 Å². The highest BCUT2D eigenvalue weighted by Crippen LogP contribution is 2.25. The van der Waals surface area contributed by atoms with Crippen LogP contribution in [0.2, 0.25) is 5.02 Å². The second-order valence-corrected chi connectivity index (χ2v) is 6.11. The fourth-order valence-corrected chi connectivity index (χ4v) is 2.57. The van der Waals surface area contributed by atoms with Crippen LogP contribution in [0.5, 0.6) is 0 Å². The molecule has 2 aromatic rings. The average Bonchev–Trinajstić information content (AvgIpc) is 2.86. The van der Waals surface area contributed by atoms with Crippen LogP contribution in [0.15, 0.2) is 29.4 Å². The molecule has 6 nitrogen and oxygen atoms in total. The van der Waals surface area contributed by atoms with E-state index in [9.17, 15) is 4.79 Å². The van der Waals surface area contributed by atoms with Gasteiger partial charge in [0.1, 0.15) is 0 Å². The van der Waals surface area contributed by atoms with Gasteiger partial charge in [-0.25, -0.2) is 4.68 Å². The summed E-state index contributed by atoms with van der Waals surface area (Å²) in [6.07, 6.45) is 5.10. The van der Waals surface area contributed by atoms with Gasteiger partial charge in [-0.1, -0.05) is 29.3 Å². The van der Waals surface area contributed by atoms with Crippen molar-refractivity contribution in [3.8, 4) is 23.7 Å². The molecule has 0 saturated heterocycles. The van der Waals surface area contributed by atoms with Crippen LogP contribution in [0.3, 0.4) is 0 Å². The Labute approximate surface area is 137 Å². The molecule has 2 rings (SSSR count). The minimum absolute atomic E-state index is 0.181. The van der Waals surface area contributed by atoms with Gasteiger partial charge in [-0.15, -0.1) is 16.6 Å². The summed E-state index contributed by atoms with van der Waals surface area (Å²) in [5.74, 6) is 8.66. The van der Waals surface area contributed by atoms with Gasteiger partial charge in [0.05, 0.1) is 11.8 Å². The topological polar surface area (TPSA) is 85.8 Å². The van der Waals surface area contributed by atoms with Crippen molar-refractivity contribution in [2.45, 2.75) is 17.3 Å². The SMILES string of the molecule is C#CCNC(=O)C(C)Sc1nnc(-c2ccc(Cl)cc2)n1N. The fourth-order valence-electron chi connectivity index (χ4n) is 1.65. The Morgan fingerprint density at radius 2 is 2.18 bits per heavy atom. The molecule has 0 saturated carbocycles. The highest BCUT2D eigenvalue weighted by molar-refractivity contribution is 8.00. The van der Waals surface area contributed by atoms with Gasteiger partial charge in [0.15, 0.2) is 5.82 Å². The van der Waals surface area contributed by atoms with Crippen LogP contribution >= 0.6 is 23.4 Å². The van der Waals surface area contributed by atoms with Gasteiger partial charge < -0.3 is 11.2 Å². The van der Waals surface area contributed by atoms with Crippen molar-refractivity contribution >= 4 is 29.3 Å². The minimum atomic E-state index is -0.391. The highest BCUT2D eigenvalue weighted by atomic mass is 35.5. The number of terminal acetylenes is 1. The first-order valence-corrected chi connectivity index (χ1v) is 7.63. The number of halogens is 1. The summed E-state index contributed by atoms with van der Waals surface area (Å²) in [4.78, 5) is 11.8. The average molecular weight is 336 g/mol. The lowest BCUT2D eigenvalue weighted by molar-refractivity contribution is -0.120. The molecule has 0 aliphatic rings. The zero-order valence-corrected chi connectivity index (χ0v) is 13.4. The van der Waals surface area contributed by atoms with Crippen molar-refractivity contribution in [2.75, 3.05) is 12.4 Å². The van der Waals surface area contributed by atoms with Gasteiger partial charge in [-0.05, 0) is 31.2 Å². The summed E-state index contributed by atoms with van der Waals surface area (Å²) in [7, 11) is 0. The third-order valence-corrected chi connectivity index (χ3v) is 4.09. The van der Waals surface area contributed by atoms with E-state index < -0.39 is 5.25 Å². The number of nitrogens with one attached hydrogen (secondary N) is 1. The molecular formula is C14H14ClN5OS. The monoisotopic (exact) mass is 335 g/mol. The molecule has 8 heteroatoms. The van der Waals surface area contributed by atoms with E-state index in [1.807, 2.05) is 0 Å². The van der Waals surface area contributed by atoms with Gasteiger partial charge in [0, 0.05) is 10.6 Å². The molecule has 1 aromatic heterocycles. The maximum atomic E-state index is 11.8. The molecule has 0 fully saturated rings. The molecule has 1 aromatic carbocycles. The Kier molecular flexibility index (Phi) is 5.31. The highest BCUT2D eigenvalue weighted by Gasteiger charge is 2.19. The van der Waals surface area contributed by atoms with Crippen molar-refractivity contribution in [1.29, 1.82) is 0 Å². The van der Waals surface area contributed by atoms with E-state index in [1.54, 1.807) is 31.2 Å². The molecule has 0 aliphatic heterocycles. The predicted octanol–water partition coefficient (Wildman–Crippen LogP) is 1.54. The Morgan fingerprint density at radius 1 is 1.50 bits per heavy atom. The number of hydrogen-bond acceptors (Lipinski definition) is 5. The van der Waals surface area contributed by atoms with Crippen LogP contribution in [-0.4, -0.2) is 32.6 Å². The molecule has 0 bridgehead atoms. The molecule has 0 spiro atoms. The molecule has 0 aliphatic carbocycles. The van der Waals surface area contributed by atoms with Crippen molar-refractivity contribution < 1.29 is 4.79 Å². The molecule has 114 valence electrons. The molecule has 1 unspecified atom stereocenters. The number of carbonyl (C=O) groups excluding carboxylic acids is 1. The van der Waals surface area contributed by atoms with E-state index in [0.717, 1.165) is 5.56 Å². The number of benzene rings is 1. The Morgan fingerprint density at radius 3 is 2.82 bits per heavy atom. The second kappa shape index (κ2) is 7.20. The molecular weight excluding hydrogens is 322 g/mol. The van der Waals surface area contributed by atoms with Gasteiger partial charge in [0.2, 0.25) is 11.1 Å². The first-order chi connectivity index (χ1) is 10.5. The molecule has 0 radical (unpaired) electrons. The van der Waals surface area contributed by atoms with E-state index in [1.165, 1.54) is 16.4 Å². The second-order valence-electron chi connectivity index (χ2n) is 4.37. The number of rotatable bonds is 5. The minimum Gasteiger partial charge on any atom is -0.344 e. The number of aromatic nitrogens is 3. The van der Waals surface area contributed by atoms with Crippen LogP contribution in [0.4, 0.5) is 0 Å². The van der Waals surface area contributed by atoms with Gasteiger partial charge in [-0.2, -0.15) is 0 Å². The summed E-state index contributed by atoms with van der Waals surface area (Å²) >= 11 is 7.06. The Bertz CT molecular complexity index is 707. The molecule has 1 amide bonds. The maximum absolute atomic E-state index is 11.8. The molecule has 3 N–H and O–H groups in total. The lowest BCUT2D eigenvalue weighted by Gasteiger charge is -2.09. The smallest absolute Gasteiger partial charge is 0.234 e. The van der Waals surface area contributed by atoms with Crippen molar-refractivity contribution in [3.05, 3.63) is 29.3 Å². The number of amides is 1. The number of nitrogens with two attached hydrogens (primary N) is 1. The van der Waals surface area contributed by atoms with Crippen molar-refractivity contribution in [3.63, 3.8) is 0 Å². The van der Waals surface area contributed by atoms with E-state index in [0.29, 0.717) is 16.0 Å². The number of nitrogens with zero attached hydrogens (tertiary/aromatic N) is 3. The Hall–Kier alpha value is -2.17. The van der Waals surface area contributed by atoms with Gasteiger partial charge in [-0.3, -0.25) is 4.79 Å². The van der Waals surface area contributed by atoms with E-state index in [4.69, 9.17) is 23.9 Å². The summed E-state index contributed by atoms with van der Waals surface area (Å²) in [5, 5.41) is 11.3. The quantitative estimate of drug-likeness (QED) is 0.492. The largest absolute Gasteiger partial charge is 0.344 e. The lowest BCUT2D eigenvalue weighted by Crippen LogP contribution is -2.31. The third-order valence-electron chi connectivity index (χ3n) is 2.78. The lowest BCUT2D eigenvalue weighted by atomic mass is 10.2. The molecule has 1 heterocycles. The maximum Gasteiger partial charge on any atom is 0.234 e. The summed E-state index contributed by atoms with van der Waals surface area (Å²) in [6, 6.07) is 7.09. The van der Waals surface area contributed by atoms with Crippen molar-refractivity contribution in [1.82, 2.24) is 20.2 Å². The normalized spacial score (nSPS) is 11.7. The van der Waals surface area contributed by atoms with E-state index >= 15 is 0 Å². The van der Waals surface area contributed by atoms with Crippen LogP contribution in [0.1, 0.15) is 6.92 Å². The third kappa shape index (κ3) is 3.72. The fraction of sp³-hybridized carbons (Fsp3) is 0.214. The first kappa shape index (κ1) is 16.2. The summed E-state index contributed by atoms with van der Waals surface area (Å²) in [6.45, 7) is 1.93. The standard InChI is InChI=1S/C14H14ClN5OS/c1-3-8-17-13(21)9(2)22-14-19-18-12(20(14)16)10-4-6-11(15)7-5-10/h1,4-7,9H,8,16H2,2H3,(H,17,21). The number of nitrogen functional groups attached to an aromatic ring is 1. The van der Waals surface area contributed by atoms with E-state index in [-0.39, 0.29) is 12.5 Å². The van der Waals surface area contributed by atoms with Gasteiger partial charge in [0.25, 0.3) is 0 Å². The predicted molar refractivity (Wildman–Crippen MR) is 87.8 cm³/mol. The zero-order chi connectivity index (χ0) is 16.1. The summed E-state index contributed by atoms with van der Waals surface area (Å²) < 4.78 is 1.35. The van der Waals surface area contributed by atoms with Crippen molar-refractivity contribution in [2.24, 2.45) is 0 Å². The van der Waals surface area contributed by atoms with Gasteiger partial charge >= 0.3 is 0 Å². The Balaban J connectivity index is 2.13.